The van der Waals surface area contributed by atoms with Gasteiger partial charge in [0.15, 0.2) is 0 Å². The summed E-state index contributed by atoms with van der Waals surface area (Å²) in [5.41, 5.74) is 1.06. The normalized spacial score (nSPS) is 20.4. The molecule has 2 rings (SSSR count). The number of aryl methyl sites for hydroxylation is 1. The molecule has 1 fully saturated rings. The molecule has 1 aliphatic rings. The molecular formula is C13H21N3O. The summed E-state index contributed by atoms with van der Waals surface area (Å²) < 4.78 is 5.68. The Morgan fingerprint density at radius 2 is 2.41 bits per heavy atom. The van der Waals surface area contributed by atoms with E-state index < -0.39 is 0 Å². The topological polar surface area (TPSA) is 47.0 Å². The molecule has 0 aliphatic carbocycles. The molecule has 1 aliphatic heterocycles. The molecule has 1 saturated heterocycles. The fourth-order valence-corrected chi connectivity index (χ4v) is 2.12. The maximum absolute atomic E-state index is 5.68. The van der Waals surface area contributed by atoms with Crippen LogP contribution in [0.1, 0.15) is 37.2 Å². The van der Waals surface area contributed by atoms with E-state index in [-0.39, 0.29) is 0 Å². The van der Waals surface area contributed by atoms with Gasteiger partial charge in [-0.1, -0.05) is 0 Å². The molecule has 17 heavy (non-hydrogen) atoms. The van der Waals surface area contributed by atoms with Gasteiger partial charge in [-0.15, -0.1) is 0 Å². The Bertz CT molecular complexity index is 337. The predicted molar refractivity (Wildman–Crippen MR) is 66.7 cm³/mol. The van der Waals surface area contributed by atoms with Crippen LogP contribution >= 0.6 is 0 Å². The summed E-state index contributed by atoms with van der Waals surface area (Å²) in [4.78, 5) is 8.44. The van der Waals surface area contributed by atoms with Crippen LogP contribution < -0.4 is 5.32 Å². The fourth-order valence-electron chi connectivity index (χ4n) is 2.12. The molecule has 1 N–H and O–H groups in total. The zero-order chi connectivity index (χ0) is 11.9. The first kappa shape index (κ1) is 12.5. The fraction of sp³-hybridized carbons (Fsp3) is 0.692. The van der Waals surface area contributed by atoms with Gasteiger partial charge in [0.1, 0.15) is 5.82 Å². The number of hydrogen-bond donors (Lipinski definition) is 1. The van der Waals surface area contributed by atoms with E-state index in [9.17, 15) is 0 Å². The summed E-state index contributed by atoms with van der Waals surface area (Å²) in [7, 11) is 0. The summed E-state index contributed by atoms with van der Waals surface area (Å²) in [5, 5.41) is 3.41. The van der Waals surface area contributed by atoms with E-state index in [2.05, 4.69) is 15.3 Å². The lowest BCUT2D eigenvalue weighted by Crippen LogP contribution is -2.25. The first-order valence-corrected chi connectivity index (χ1v) is 6.45. The van der Waals surface area contributed by atoms with E-state index in [1.54, 1.807) is 0 Å². The minimum Gasteiger partial charge on any atom is -0.378 e. The van der Waals surface area contributed by atoms with Crippen LogP contribution in [-0.4, -0.2) is 29.2 Å². The van der Waals surface area contributed by atoms with Gasteiger partial charge in [0.05, 0.1) is 11.8 Å². The molecule has 1 atom stereocenters. The quantitative estimate of drug-likeness (QED) is 0.791. The summed E-state index contributed by atoms with van der Waals surface area (Å²) in [6.45, 7) is 4.67. The Labute approximate surface area is 103 Å². The van der Waals surface area contributed by atoms with Crippen LogP contribution in [0, 0.1) is 6.92 Å². The maximum atomic E-state index is 5.68. The first-order valence-electron chi connectivity index (χ1n) is 6.45. The van der Waals surface area contributed by atoms with E-state index in [0.717, 1.165) is 37.6 Å². The average Bonchev–Trinajstić information content (AvgIpc) is 2.36. The zero-order valence-corrected chi connectivity index (χ0v) is 10.5. The zero-order valence-electron chi connectivity index (χ0n) is 10.5. The van der Waals surface area contributed by atoms with Crippen LogP contribution in [0.4, 0.5) is 0 Å². The van der Waals surface area contributed by atoms with E-state index in [0.29, 0.717) is 6.10 Å². The van der Waals surface area contributed by atoms with Crippen LogP contribution in [0.15, 0.2) is 12.3 Å². The third-order valence-corrected chi connectivity index (χ3v) is 3.06. The van der Waals surface area contributed by atoms with Gasteiger partial charge < -0.3 is 10.1 Å². The number of nitrogens with zero attached hydrogens (tertiary/aromatic N) is 2. The second kappa shape index (κ2) is 6.67. The lowest BCUT2D eigenvalue weighted by atomic mass is 10.1. The van der Waals surface area contributed by atoms with Gasteiger partial charge in [-0.25, -0.2) is 9.97 Å². The van der Waals surface area contributed by atoms with Crippen molar-refractivity contribution in [2.75, 3.05) is 13.2 Å². The Balaban J connectivity index is 1.62. The second-order valence-corrected chi connectivity index (χ2v) is 4.55. The molecule has 1 unspecified atom stereocenters. The molecule has 0 radical (unpaired) electrons. The summed E-state index contributed by atoms with van der Waals surface area (Å²) in [5.74, 6) is 0.833. The van der Waals surface area contributed by atoms with Gasteiger partial charge in [-0.05, 0) is 45.2 Å². The average molecular weight is 235 g/mol. The largest absolute Gasteiger partial charge is 0.378 e. The third-order valence-electron chi connectivity index (χ3n) is 3.06. The standard InChI is InChI=1S/C13H21N3O/c1-11-15-8-5-12(16-11)10-14-7-6-13-4-2-3-9-17-13/h5,8,13-14H,2-4,6-7,9-10H2,1H3. The molecule has 0 saturated carbocycles. The number of aromatic nitrogens is 2. The van der Waals surface area contributed by atoms with Crippen LogP contribution in [0.5, 0.6) is 0 Å². The highest BCUT2D eigenvalue weighted by molar-refractivity contribution is 5.00. The smallest absolute Gasteiger partial charge is 0.125 e. The molecule has 4 heteroatoms. The second-order valence-electron chi connectivity index (χ2n) is 4.55. The molecule has 4 nitrogen and oxygen atoms in total. The maximum Gasteiger partial charge on any atom is 0.125 e. The van der Waals surface area contributed by atoms with Crippen molar-refractivity contribution in [1.29, 1.82) is 0 Å². The molecule has 1 aromatic rings. The number of hydrogen-bond acceptors (Lipinski definition) is 4. The van der Waals surface area contributed by atoms with Gasteiger partial charge in [0.2, 0.25) is 0 Å². The molecular weight excluding hydrogens is 214 g/mol. The minimum atomic E-state index is 0.461. The number of ether oxygens (including phenoxy) is 1. The summed E-state index contributed by atoms with van der Waals surface area (Å²) >= 11 is 0. The highest BCUT2D eigenvalue weighted by Gasteiger charge is 2.12. The molecule has 0 spiro atoms. The molecule has 0 bridgehead atoms. The van der Waals surface area contributed by atoms with Gasteiger partial charge in [-0.3, -0.25) is 0 Å². The Hall–Kier alpha value is -1.00. The van der Waals surface area contributed by atoms with Crippen molar-refractivity contribution in [1.82, 2.24) is 15.3 Å². The Morgan fingerprint density at radius 3 is 3.18 bits per heavy atom. The van der Waals surface area contributed by atoms with Crippen LogP contribution in [-0.2, 0) is 11.3 Å². The monoisotopic (exact) mass is 235 g/mol. The number of rotatable bonds is 5. The van der Waals surface area contributed by atoms with E-state index >= 15 is 0 Å². The summed E-state index contributed by atoms with van der Waals surface area (Å²) in [6, 6.07) is 1.96. The third kappa shape index (κ3) is 4.40. The first-order chi connectivity index (χ1) is 8.34. The molecule has 0 amide bonds. The van der Waals surface area contributed by atoms with Crippen molar-refractivity contribution in [2.24, 2.45) is 0 Å². The highest BCUT2D eigenvalue weighted by Crippen LogP contribution is 2.14. The highest BCUT2D eigenvalue weighted by atomic mass is 16.5. The minimum absolute atomic E-state index is 0.461. The van der Waals surface area contributed by atoms with Crippen LogP contribution in [0.3, 0.4) is 0 Å². The van der Waals surface area contributed by atoms with Crippen LogP contribution in [0.2, 0.25) is 0 Å². The van der Waals surface area contributed by atoms with Gasteiger partial charge in [0, 0.05) is 19.3 Å². The van der Waals surface area contributed by atoms with E-state index in [1.807, 2.05) is 19.2 Å². The predicted octanol–water partition coefficient (Wildman–Crippen LogP) is 1.83. The van der Waals surface area contributed by atoms with Crippen molar-refractivity contribution in [2.45, 2.75) is 45.3 Å². The lowest BCUT2D eigenvalue weighted by Gasteiger charge is -2.22. The van der Waals surface area contributed by atoms with Crippen LogP contribution in [0.25, 0.3) is 0 Å². The van der Waals surface area contributed by atoms with Crippen molar-refractivity contribution in [3.05, 3.63) is 23.8 Å². The van der Waals surface area contributed by atoms with Gasteiger partial charge in [0.25, 0.3) is 0 Å². The Morgan fingerprint density at radius 1 is 1.47 bits per heavy atom. The Kier molecular flexibility index (Phi) is 4.88. The van der Waals surface area contributed by atoms with Gasteiger partial charge >= 0.3 is 0 Å². The van der Waals surface area contributed by atoms with Crippen molar-refractivity contribution < 1.29 is 4.74 Å². The van der Waals surface area contributed by atoms with E-state index in [4.69, 9.17) is 4.74 Å². The van der Waals surface area contributed by atoms with Crippen molar-refractivity contribution in [3.8, 4) is 0 Å². The SMILES string of the molecule is Cc1nccc(CNCCC2CCCCO2)n1. The molecule has 94 valence electrons. The van der Waals surface area contributed by atoms with Gasteiger partial charge in [-0.2, -0.15) is 0 Å². The van der Waals surface area contributed by atoms with Crippen molar-refractivity contribution in [3.63, 3.8) is 0 Å². The molecule has 1 aromatic heterocycles. The lowest BCUT2D eigenvalue weighted by molar-refractivity contribution is 0.0115. The van der Waals surface area contributed by atoms with E-state index in [1.165, 1.54) is 19.3 Å². The molecule has 2 heterocycles. The van der Waals surface area contributed by atoms with Crippen molar-refractivity contribution >= 4 is 0 Å². The molecule has 0 aromatic carbocycles. The summed E-state index contributed by atoms with van der Waals surface area (Å²) in [6.07, 6.45) is 7.13. The number of nitrogens with one attached hydrogen (secondary N) is 1.